The van der Waals surface area contributed by atoms with Gasteiger partial charge in [-0.3, -0.25) is 14.5 Å². The number of hydrogen-bond acceptors (Lipinski definition) is 4. The molecule has 23 heavy (non-hydrogen) atoms. The third-order valence-corrected chi connectivity index (χ3v) is 4.33. The maximum absolute atomic E-state index is 11.9. The molecule has 2 rings (SSSR count). The second kappa shape index (κ2) is 11.2. The lowest BCUT2D eigenvalue weighted by Gasteiger charge is -2.31. The lowest BCUT2D eigenvalue weighted by Crippen LogP contribution is -2.40. The van der Waals surface area contributed by atoms with Crippen LogP contribution < -0.4 is 5.32 Å². The van der Waals surface area contributed by atoms with E-state index in [-0.39, 0.29) is 18.3 Å². The highest BCUT2D eigenvalue weighted by Gasteiger charge is 2.25. The van der Waals surface area contributed by atoms with Gasteiger partial charge in [-0.25, -0.2) is 0 Å². The van der Waals surface area contributed by atoms with Crippen LogP contribution in [-0.4, -0.2) is 61.8 Å². The van der Waals surface area contributed by atoms with Gasteiger partial charge < -0.3 is 15.2 Å². The van der Waals surface area contributed by atoms with Gasteiger partial charge in [-0.2, -0.15) is 0 Å². The van der Waals surface area contributed by atoms with E-state index in [2.05, 4.69) is 30.1 Å². The van der Waals surface area contributed by atoms with Gasteiger partial charge in [0.05, 0.1) is 12.5 Å². The summed E-state index contributed by atoms with van der Waals surface area (Å²) >= 11 is 0. The van der Waals surface area contributed by atoms with Crippen LogP contribution in [0, 0.1) is 11.8 Å². The average Bonchev–Trinajstić information content (AvgIpc) is 3.07. The maximum atomic E-state index is 11.9. The summed E-state index contributed by atoms with van der Waals surface area (Å²) in [5, 5.41) is 10.00. The fraction of sp³-hybridized carbons (Fsp3) is 0.765. The first-order chi connectivity index (χ1) is 11.1. The van der Waals surface area contributed by atoms with Gasteiger partial charge in [-0.05, 0) is 52.1 Å². The van der Waals surface area contributed by atoms with Crippen LogP contribution in [0.2, 0.25) is 0 Å². The molecule has 2 aliphatic rings. The van der Waals surface area contributed by atoms with Crippen LogP contribution in [0.15, 0.2) is 11.6 Å². The molecular weight excluding hydrogens is 296 g/mol. The molecule has 0 aromatic heterocycles. The summed E-state index contributed by atoms with van der Waals surface area (Å²) in [5.74, 6) is 0.923. The molecule has 1 amide bonds. The number of likely N-dealkylation sites (tertiary alicyclic amines) is 1. The van der Waals surface area contributed by atoms with Crippen molar-refractivity contribution >= 4 is 12.4 Å². The predicted octanol–water partition coefficient (Wildman–Crippen LogP) is 1.52. The van der Waals surface area contributed by atoms with Gasteiger partial charge in [-0.1, -0.05) is 11.6 Å². The van der Waals surface area contributed by atoms with Crippen LogP contribution in [0.5, 0.6) is 0 Å². The Morgan fingerprint density at radius 1 is 1.30 bits per heavy atom. The van der Waals surface area contributed by atoms with Crippen molar-refractivity contribution in [3.05, 3.63) is 11.6 Å². The summed E-state index contributed by atoms with van der Waals surface area (Å²) < 4.78 is 5.26. The Hall–Kier alpha value is -1.40. The van der Waals surface area contributed by atoms with Gasteiger partial charge in [0.15, 0.2) is 0 Å². The van der Waals surface area contributed by atoms with E-state index in [0.717, 1.165) is 39.2 Å². The normalized spacial score (nSPS) is 21.9. The zero-order chi connectivity index (χ0) is 17.1. The monoisotopic (exact) mass is 326 g/mol. The molecule has 2 saturated heterocycles. The van der Waals surface area contributed by atoms with Gasteiger partial charge in [0, 0.05) is 19.7 Å². The molecule has 6 heteroatoms. The number of ether oxygens (including phenoxy) is 1. The van der Waals surface area contributed by atoms with Crippen molar-refractivity contribution < 1.29 is 19.4 Å². The maximum Gasteiger partial charge on any atom is 0.290 e. The zero-order valence-corrected chi connectivity index (χ0v) is 14.3. The lowest BCUT2D eigenvalue weighted by molar-refractivity contribution is -0.125. The van der Waals surface area contributed by atoms with Crippen molar-refractivity contribution in [3.8, 4) is 0 Å². The standard InChI is InChI=1S/C16H28N2O2.CH2O2/c1-13(2)3-7-18-8-4-14(5-9-18)11-17-16(19)15-6-10-20-12-15;2-1-3/h3,14-15H,4-12H2,1-2H3,(H,17,19);1H,(H,2,3). The summed E-state index contributed by atoms with van der Waals surface area (Å²) in [5.41, 5.74) is 1.39. The van der Waals surface area contributed by atoms with E-state index < -0.39 is 0 Å². The molecule has 2 heterocycles. The van der Waals surface area contributed by atoms with E-state index in [1.54, 1.807) is 0 Å². The largest absolute Gasteiger partial charge is 0.483 e. The fourth-order valence-corrected chi connectivity index (χ4v) is 2.82. The third kappa shape index (κ3) is 8.13. The van der Waals surface area contributed by atoms with Gasteiger partial charge >= 0.3 is 0 Å². The van der Waals surface area contributed by atoms with E-state index in [1.165, 1.54) is 18.4 Å². The number of amides is 1. The fourth-order valence-electron chi connectivity index (χ4n) is 2.82. The number of nitrogens with zero attached hydrogens (tertiary/aromatic N) is 1. The first kappa shape index (κ1) is 19.6. The Labute approximate surface area is 138 Å². The van der Waals surface area contributed by atoms with Crippen molar-refractivity contribution in [2.75, 3.05) is 39.4 Å². The summed E-state index contributed by atoms with van der Waals surface area (Å²) in [6, 6.07) is 0. The number of carbonyl (C=O) groups is 2. The Bertz CT molecular complexity index is 380. The number of carboxylic acid groups (broad SMARTS) is 1. The van der Waals surface area contributed by atoms with Crippen LogP contribution in [0.3, 0.4) is 0 Å². The minimum Gasteiger partial charge on any atom is -0.483 e. The quantitative estimate of drug-likeness (QED) is 0.591. The van der Waals surface area contributed by atoms with Crippen molar-refractivity contribution in [1.82, 2.24) is 10.2 Å². The van der Waals surface area contributed by atoms with Crippen molar-refractivity contribution in [1.29, 1.82) is 0 Å². The number of hydrogen-bond donors (Lipinski definition) is 2. The summed E-state index contributed by atoms with van der Waals surface area (Å²) in [6.45, 7) is 9.60. The Morgan fingerprint density at radius 2 is 1.96 bits per heavy atom. The van der Waals surface area contributed by atoms with Crippen molar-refractivity contribution in [2.45, 2.75) is 33.1 Å². The van der Waals surface area contributed by atoms with Crippen LogP contribution in [0.4, 0.5) is 0 Å². The number of carbonyl (C=O) groups excluding carboxylic acids is 1. The molecule has 6 nitrogen and oxygen atoms in total. The third-order valence-electron chi connectivity index (χ3n) is 4.33. The molecule has 0 spiro atoms. The van der Waals surface area contributed by atoms with Gasteiger partial charge in [0.25, 0.3) is 6.47 Å². The van der Waals surface area contributed by atoms with Crippen molar-refractivity contribution in [2.24, 2.45) is 11.8 Å². The molecule has 0 aromatic rings. The summed E-state index contributed by atoms with van der Waals surface area (Å²) in [7, 11) is 0. The van der Waals surface area contributed by atoms with Crippen LogP contribution in [0.25, 0.3) is 0 Å². The van der Waals surface area contributed by atoms with E-state index >= 15 is 0 Å². The number of rotatable bonds is 5. The highest BCUT2D eigenvalue weighted by atomic mass is 16.5. The smallest absolute Gasteiger partial charge is 0.290 e. The second-order valence-electron chi connectivity index (χ2n) is 6.44. The molecule has 0 bridgehead atoms. The SMILES string of the molecule is CC(C)=CCN1CCC(CNC(=O)C2CCOC2)CC1.O=CO. The molecule has 1 unspecified atom stereocenters. The predicted molar refractivity (Wildman–Crippen MR) is 89.2 cm³/mol. The molecule has 0 aromatic carbocycles. The molecule has 2 fully saturated rings. The van der Waals surface area contributed by atoms with E-state index in [1.807, 2.05) is 0 Å². The number of nitrogens with one attached hydrogen (secondary N) is 1. The summed E-state index contributed by atoms with van der Waals surface area (Å²) in [4.78, 5) is 22.8. The van der Waals surface area contributed by atoms with Gasteiger partial charge in [-0.15, -0.1) is 0 Å². The minimum atomic E-state index is -0.250. The molecule has 132 valence electrons. The lowest BCUT2D eigenvalue weighted by atomic mass is 9.96. The molecular formula is C17H30N2O4. The Balaban J connectivity index is 0.000000816. The first-order valence-electron chi connectivity index (χ1n) is 8.35. The highest BCUT2D eigenvalue weighted by Crippen LogP contribution is 2.17. The van der Waals surface area contributed by atoms with Gasteiger partial charge in [0.1, 0.15) is 0 Å². The highest BCUT2D eigenvalue weighted by molar-refractivity contribution is 5.78. The Morgan fingerprint density at radius 3 is 2.48 bits per heavy atom. The second-order valence-corrected chi connectivity index (χ2v) is 6.44. The van der Waals surface area contributed by atoms with Crippen LogP contribution >= 0.6 is 0 Å². The molecule has 0 aliphatic carbocycles. The first-order valence-corrected chi connectivity index (χ1v) is 8.35. The molecule has 1 atom stereocenters. The Kier molecular flexibility index (Phi) is 9.55. The van der Waals surface area contributed by atoms with E-state index in [0.29, 0.717) is 12.5 Å². The molecule has 2 N–H and O–H groups in total. The number of allylic oxidation sites excluding steroid dienone is 1. The van der Waals surface area contributed by atoms with Crippen LogP contribution in [0.1, 0.15) is 33.1 Å². The molecule has 0 saturated carbocycles. The van der Waals surface area contributed by atoms with E-state index in [9.17, 15) is 4.79 Å². The number of piperidine rings is 1. The van der Waals surface area contributed by atoms with E-state index in [4.69, 9.17) is 14.6 Å². The van der Waals surface area contributed by atoms with Crippen molar-refractivity contribution in [3.63, 3.8) is 0 Å². The molecule has 0 radical (unpaired) electrons. The van der Waals surface area contributed by atoms with Crippen LogP contribution in [-0.2, 0) is 14.3 Å². The molecule has 2 aliphatic heterocycles. The minimum absolute atomic E-state index is 0.0905. The average molecular weight is 326 g/mol. The van der Waals surface area contributed by atoms with Gasteiger partial charge in [0.2, 0.25) is 5.91 Å². The zero-order valence-electron chi connectivity index (χ0n) is 14.3. The summed E-state index contributed by atoms with van der Waals surface area (Å²) in [6.07, 6.45) is 5.56. The topological polar surface area (TPSA) is 78.9 Å².